The second-order valence-electron chi connectivity index (χ2n) is 2.51. The predicted molar refractivity (Wildman–Crippen MR) is 38.3 cm³/mol. The van der Waals surface area contributed by atoms with Gasteiger partial charge in [-0.3, -0.25) is 14.4 Å². The standard InChI is InChI=1S/C6H9N3O3/c10-4-7-1-8(5-11)3-9(2-7)6-12/h4-6H,1-3H2. The van der Waals surface area contributed by atoms with Crippen molar-refractivity contribution in [3.8, 4) is 0 Å². The average Bonchev–Trinajstić information content (AvgIpc) is 2.16. The highest BCUT2D eigenvalue weighted by Gasteiger charge is 2.19. The smallest absolute Gasteiger partial charge is 0.212 e. The van der Waals surface area contributed by atoms with E-state index in [4.69, 9.17) is 0 Å². The SMILES string of the molecule is O=CN1CN(C=O)CN(C=O)C1. The molecule has 3 amide bonds. The lowest BCUT2D eigenvalue weighted by atomic mass is 10.5. The zero-order valence-electron chi connectivity index (χ0n) is 6.42. The van der Waals surface area contributed by atoms with E-state index in [2.05, 4.69) is 0 Å². The molecule has 6 heteroatoms. The van der Waals surface area contributed by atoms with Crippen LogP contribution in [-0.4, -0.2) is 53.9 Å². The second-order valence-corrected chi connectivity index (χ2v) is 2.51. The maximum atomic E-state index is 10.3. The molecule has 1 rings (SSSR count). The van der Waals surface area contributed by atoms with E-state index in [9.17, 15) is 14.4 Å². The minimum Gasteiger partial charge on any atom is -0.309 e. The number of carbonyl (C=O) groups is 3. The highest BCUT2D eigenvalue weighted by Crippen LogP contribution is 2.00. The summed E-state index contributed by atoms with van der Waals surface area (Å²) in [5.74, 6) is 0. The Morgan fingerprint density at radius 2 is 0.917 bits per heavy atom. The van der Waals surface area contributed by atoms with Crippen LogP contribution in [0, 0.1) is 0 Å². The van der Waals surface area contributed by atoms with Crippen LogP contribution in [-0.2, 0) is 14.4 Å². The summed E-state index contributed by atoms with van der Waals surface area (Å²) in [6.45, 7) is 0.742. The third-order valence-corrected chi connectivity index (χ3v) is 1.54. The minimum atomic E-state index is 0.247. The van der Waals surface area contributed by atoms with Gasteiger partial charge in [0, 0.05) is 0 Å². The highest BCUT2D eigenvalue weighted by molar-refractivity contribution is 5.54. The lowest BCUT2D eigenvalue weighted by Gasteiger charge is -2.36. The van der Waals surface area contributed by atoms with Crippen molar-refractivity contribution in [1.29, 1.82) is 0 Å². The fourth-order valence-electron chi connectivity index (χ4n) is 1.03. The van der Waals surface area contributed by atoms with Crippen LogP contribution in [0.5, 0.6) is 0 Å². The number of hydrogen-bond donors (Lipinski definition) is 0. The Labute approximate surface area is 69.3 Å². The lowest BCUT2D eigenvalue weighted by Crippen LogP contribution is -2.53. The predicted octanol–water partition coefficient (Wildman–Crippen LogP) is -1.75. The molecule has 1 aliphatic heterocycles. The summed E-state index contributed by atoms with van der Waals surface area (Å²) < 4.78 is 0. The van der Waals surface area contributed by atoms with Crippen LogP contribution in [0.4, 0.5) is 0 Å². The highest BCUT2D eigenvalue weighted by atomic mass is 16.2. The van der Waals surface area contributed by atoms with Crippen molar-refractivity contribution in [3.63, 3.8) is 0 Å². The van der Waals surface area contributed by atoms with Crippen LogP contribution in [0.3, 0.4) is 0 Å². The third-order valence-electron chi connectivity index (χ3n) is 1.54. The van der Waals surface area contributed by atoms with E-state index < -0.39 is 0 Å². The Bertz CT molecular complexity index is 157. The molecular formula is C6H9N3O3. The normalized spacial score (nSPS) is 17.5. The van der Waals surface area contributed by atoms with Gasteiger partial charge in [-0.15, -0.1) is 0 Å². The first-order valence-corrected chi connectivity index (χ1v) is 3.38. The van der Waals surface area contributed by atoms with E-state index in [1.165, 1.54) is 14.7 Å². The van der Waals surface area contributed by atoms with Gasteiger partial charge in [0.1, 0.15) is 0 Å². The number of hydrogen-bond acceptors (Lipinski definition) is 3. The summed E-state index contributed by atoms with van der Waals surface area (Å²) in [5, 5.41) is 0. The summed E-state index contributed by atoms with van der Waals surface area (Å²) in [7, 11) is 0. The molecule has 0 radical (unpaired) electrons. The summed E-state index contributed by atoms with van der Waals surface area (Å²) >= 11 is 0. The molecule has 12 heavy (non-hydrogen) atoms. The van der Waals surface area contributed by atoms with Crippen molar-refractivity contribution in [3.05, 3.63) is 0 Å². The Morgan fingerprint density at radius 3 is 1.08 bits per heavy atom. The van der Waals surface area contributed by atoms with Crippen LogP contribution in [0.2, 0.25) is 0 Å². The Balaban J connectivity index is 2.57. The van der Waals surface area contributed by atoms with Crippen molar-refractivity contribution in [2.45, 2.75) is 0 Å². The first-order chi connectivity index (χ1) is 5.80. The number of carbonyl (C=O) groups excluding carboxylic acids is 3. The molecule has 1 heterocycles. The molecule has 0 spiro atoms. The zero-order chi connectivity index (χ0) is 8.97. The van der Waals surface area contributed by atoms with Crippen LogP contribution in [0.25, 0.3) is 0 Å². The number of nitrogens with zero attached hydrogens (tertiary/aromatic N) is 3. The molecule has 6 nitrogen and oxygen atoms in total. The third kappa shape index (κ3) is 1.71. The summed E-state index contributed by atoms with van der Waals surface area (Å²) in [6.07, 6.45) is 1.81. The van der Waals surface area contributed by atoms with Crippen molar-refractivity contribution in [2.24, 2.45) is 0 Å². The van der Waals surface area contributed by atoms with Gasteiger partial charge < -0.3 is 14.7 Å². The molecule has 0 bridgehead atoms. The molecule has 1 fully saturated rings. The quantitative estimate of drug-likeness (QED) is 0.473. The molecular weight excluding hydrogens is 162 g/mol. The molecule has 1 saturated heterocycles. The molecule has 0 N–H and O–H groups in total. The van der Waals surface area contributed by atoms with Crippen molar-refractivity contribution in [2.75, 3.05) is 20.0 Å². The van der Waals surface area contributed by atoms with Crippen LogP contribution in [0.1, 0.15) is 0 Å². The maximum Gasteiger partial charge on any atom is 0.212 e. The Morgan fingerprint density at radius 1 is 0.667 bits per heavy atom. The zero-order valence-corrected chi connectivity index (χ0v) is 6.42. The van der Waals surface area contributed by atoms with Gasteiger partial charge in [-0.2, -0.15) is 0 Å². The van der Waals surface area contributed by atoms with Crippen LogP contribution < -0.4 is 0 Å². The first-order valence-electron chi connectivity index (χ1n) is 3.38. The van der Waals surface area contributed by atoms with E-state index in [0.717, 1.165) is 0 Å². The molecule has 0 unspecified atom stereocenters. The number of amides is 3. The van der Waals surface area contributed by atoms with Gasteiger partial charge in [0.2, 0.25) is 19.2 Å². The van der Waals surface area contributed by atoms with Gasteiger partial charge in [-0.05, 0) is 0 Å². The van der Waals surface area contributed by atoms with E-state index in [0.29, 0.717) is 19.2 Å². The average molecular weight is 171 g/mol. The fourth-order valence-corrected chi connectivity index (χ4v) is 1.03. The molecule has 0 saturated carbocycles. The molecule has 0 aromatic carbocycles. The molecule has 0 atom stereocenters. The van der Waals surface area contributed by atoms with Gasteiger partial charge >= 0.3 is 0 Å². The van der Waals surface area contributed by atoms with E-state index in [1.807, 2.05) is 0 Å². The van der Waals surface area contributed by atoms with Crippen molar-refractivity contribution < 1.29 is 14.4 Å². The lowest BCUT2D eigenvalue weighted by molar-refractivity contribution is -0.142. The van der Waals surface area contributed by atoms with Crippen molar-refractivity contribution >= 4 is 19.2 Å². The van der Waals surface area contributed by atoms with Crippen LogP contribution >= 0.6 is 0 Å². The summed E-state index contributed by atoms with van der Waals surface area (Å²) in [4.78, 5) is 34.9. The van der Waals surface area contributed by atoms with Gasteiger partial charge in [0.05, 0.1) is 20.0 Å². The van der Waals surface area contributed by atoms with Crippen LogP contribution in [0.15, 0.2) is 0 Å². The Hall–Kier alpha value is -1.59. The van der Waals surface area contributed by atoms with Gasteiger partial charge in [0.15, 0.2) is 0 Å². The monoisotopic (exact) mass is 171 g/mol. The van der Waals surface area contributed by atoms with E-state index in [-0.39, 0.29) is 20.0 Å². The number of rotatable bonds is 3. The molecule has 0 aromatic heterocycles. The van der Waals surface area contributed by atoms with Gasteiger partial charge in [0.25, 0.3) is 0 Å². The van der Waals surface area contributed by atoms with E-state index >= 15 is 0 Å². The largest absolute Gasteiger partial charge is 0.309 e. The first kappa shape index (κ1) is 8.51. The van der Waals surface area contributed by atoms with Gasteiger partial charge in [-0.25, -0.2) is 0 Å². The fraction of sp³-hybridized carbons (Fsp3) is 0.500. The minimum absolute atomic E-state index is 0.247. The van der Waals surface area contributed by atoms with Crippen molar-refractivity contribution in [1.82, 2.24) is 14.7 Å². The maximum absolute atomic E-state index is 10.3. The summed E-state index contributed by atoms with van der Waals surface area (Å²) in [5.41, 5.74) is 0. The molecule has 1 aliphatic rings. The van der Waals surface area contributed by atoms with Gasteiger partial charge in [-0.1, -0.05) is 0 Å². The molecule has 0 aromatic rings. The topological polar surface area (TPSA) is 60.9 Å². The molecule has 66 valence electrons. The van der Waals surface area contributed by atoms with E-state index in [1.54, 1.807) is 0 Å². The Kier molecular flexibility index (Phi) is 2.62. The second kappa shape index (κ2) is 3.70. The summed E-state index contributed by atoms with van der Waals surface area (Å²) in [6, 6.07) is 0. The molecule has 0 aliphatic carbocycles.